The van der Waals surface area contributed by atoms with Crippen molar-refractivity contribution in [2.75, 3.05) is 13.1 Å². The molecule has 1 aliphatic rings. The monoisotopic (exact) mass is 242 g/mol. The van der Waals surface area contributed by atoms with Gasteiger partial charge in [-0.25, -0.2) is 0 Å². The molecule has 0 spiro atoms. The number of carbonyl (C=O) groups excluding carboxylic acids is 1. The summed E-state index contributed by atoms with van der Waals surface area (Å²) in [4.78, 5) is 12.1. The molecule has 1 saturated heterocycles. The highest BCUT2D eigenvalue weighted by Gasteiger charge is 2.28. The smallest absolute Gasteiger partial charge is 0.154 e. The number of hydrogen-bond acceptors (Lipinski definition) is 2. The van der Waals surface area contributed by atoms with E-state index >= 15 is 0 Å². The zero-order valence-electron chi connectivity index (χ0n) is 10.9. The fourth-order valence-corrected chi connectivity index (χ4v) is 3.04. The van der Waals surface area contributed by atoms with Crippen molar-refractivity contribution in [1.29, 1.82) is 0 Å². The number of nitrogens with one attached hydrogen (secondary N) is 1. The van der Waals surface area contributed by atoms with Crippen molar-refractivity contribution < 1.29 is 4.79 Å². The number of fused-ring (bicyclic) bond motifs is 1. The van der Waals surface area contributed by atoms with E-state index in [-0.39, 0.29) is 5.92 Å². The molecule has 1 unspecified atom stereocenters. The van der Waals surface area contributed by atoms with Gasteiger partial charge in [-0.3, -0.25) is 4.79 Å². The maximum absolute atomic E-state index is 12.1. The molecule has 1 aromatic heterocycles. The lowest BCUT2D eigenvalue weighted by atomic mass is 9.87. The van der Waals surface area contributed by atoms with Gasteiger partial charge in [0, 0.05) is 29.6 Å². The molecule has 3 rings (SSSR count). The molecule has 2 heterocycles. The summed E-state index contributed by atoms with van der Waals surface area (Å²) < 4.78 is 2.19. The molecule has 3 heteroatoms. The lowest BCUT2D eigenvalue weighted by Crippen LogP contribution is -2.35. The number of para-hydroxylation sites is 1. The summed E-state index contributed by atoms with van der Waals surface area (Å²) in [5, 5.41) is 4.39. The Morgan fingerprint density at radius 1 is 1.33 bits per heavy atom. The van der Waals surface area contributed by atoms with Crippen LogP contribution >= 0.6 is 0 Å². The van der Waals surface area contributed by atoms with Crippen molar-refractivity contribution in [1.82, 2.24) is 9.88 Å². The van der Waals surface area contributed by atoms with E-state index < -0.39 is 0 Å². The number of hydrogen-bond donors (Lipinski definition) is 1. The van der Waals surface area contributed by atoms with Crippen LogP contribution < -0.4 is 5.32 Å². The maximum atomic E-state index is 12.1. The van der Waals surface area contributed by atoms with Gasteiger partial charge in [0.2, 0.25) is 0 Å². The number of aromatic nitrogens is 1. The fourth-order valence-electron chi connectivity index (χ4n) is 3.04. The number of benzene rings is 1. The SMILES string of the molecule is Cc1c(C2CCNCC2=O)c2ccccc2n1C. The van der Waals surface area contributed by atoms with Crippen molar-refractivity contribution in [3.8, 4) is 0 Å². The molecule has 0 amide bonds. The average Bonchev–Trinajstić information content (AvgIpc) is 2.64. The van der Waals surface area contributed by atoms with Crippen LogP contribution in [0.2, 0.25) is 0 Å². The molecule has 3 nitrogen and oxygen atoms in total. The molecule has 18 heavy (non-hydrogen) atoms. The third kappa shape index (κ3) is 1.58. The van der Waals surface area contributed by atoms with Crippen molar-refractivity contribution in [2.45, 2.75) is 19.3 Å². The van der Waals surface area contributed by atoms with E-state index in [1.807, 2.05) is 0 Å². The Bertz CT molecular complexity index is 612. The molecule has 1 atom stereocenters. The first-order chi connectivity index (χ1) is 8.70. The van der Waals surface area contributed by atoms with Crippen LogP contribution in [0.1, 0.15) is 23.6 Å². The number of ketones is 1. The summed E-state index contributed by atoms with van der Waals surface area (Å²) in [6.45, 7) is 3.55. The highest BCUT2D eigenvalue weighted by molar-refractivity contribution is 5.95. The van der Waals surface area contributed by atoms with Crippen molar-refractivity contribution in [3.05, 3.63) is 35.5 Å². The predicted octanol–water partition coefficient (Wildman–Crippen LogP) is 2.13. The number of aryl methyl sites for hydroxylation is 1. The third-order valence-corrected chi connectivity index (χ3v) is 4.09. The molecular formula is C15H18N2O. The average molecular weight is 242 g/mol. The Hall–Kier alpha value is -1.61. The van der Waals surface area contributed by atoms with Gasteiger partial charge in [-0.1, -0.05) is 18.2 Å². The van der Waals surface area contributed by atoms with Crippen molar-refractivity contribution >= 4 is 16.7 Å². The van der Waals surface area contributed by atoms with Crippen molar-refractivity contribution in [3.63, 3.8) is 0 Å². The normalized spacial score (nSPS) is 20.6. The van der Waals surface area contributed by atoms with Gasteiger partial charge in [-0.2, -0.15) is 0 Å². The van der Waals surface area contributed by atoms with Gasteiger partial charge in [0.15, 0.2) is 5.78 Å². The van der Waals surface area contributed by atoms with Crippen LogP contribution in [-0.4, -0.2) is 23.4 Å². The second-order valence-corrected chi connectivity index (χ2v) is 5.06. The first-order valence-electron chi connectivity index (χ1n) is 6.47. The number of carbonyl (C=O) groups is 1. The van der Waals surface area contributed by atoms with Gasteiger partial charge < -0.3 is 9.88 Å². The molecule has 0 aliphatic carbocycles. The highest BCUT2D eigenvalue weighted by Crippen LogP contribution is 2.34. The molecule has 1 N–H and O–H groups in total. The Balaban J connectivity index is 2.22. The number of rotatable bonds is 1. The lowest BCUT2D eigenvalue weighted by molar-refractivity contribution is -0.120. The van der Waals surface area contributed by atoms with Crippen LogP contribution in [0, 0.1) is 6.92 Å². The minimum absolute atomic E-state index is 0.0670. The summed E-state index contributed by atoms with van der Waals surface area (Å²) >= 11 is 0. The second kappa shape index (κ2) is 4.25. The number of Topliss-reactive ketones (excluding diaryl/α,β-unsaturated/α-hetero) is 1. The van der Waals surface area contributed by atoms with Crippen molar-refractivity contribution in [2.24, 2.45) is 7.05 Å². The summed E-state index contributed by atoms with van der Waals surface area (Å²) in [6.07, 6.45) is 0.910. The number of piperidine rings is 1. The van der Waals surface area contributed by atoms with Crippen LogP contribution in [0.4, 0.5) is 0 Å². The standard InChI is InChI=1S/C15H18N2O/c1-10-15(12-7-8-16-9-14(12)18)11-5-3-4-6-13(11)17(10)2/h3-6,12,16H,7-9H2,1-2H3. The molecule has 1 aliphatic heterocycles. The zero-order chi connectivity index (χ0) is 12.7. The minimum Gasteiger partial charge on any atom is -0.348 e. The largest absolute Gasteiger partial charge is 0.348 e. The first-order valence-corrected chi connectivity index (χ1v) is 6.47. The van der Waals surface area contributed by atoms with E-state index in [1.54, 1.807) is 0 Å². The fraction of sp³-hybridized carbons (Fsp3) is 0.400. The van der Waals surface area contributed by atoms with E-state index in [9.17, 15) is 4.79 Å². The van der Waals surface area contributed by atoms with Gasteiger partial charge in [0.1, 0.15) is 0 Å². The van der Waals surface area contributed by atoms with Crippen LogP contribution in [0.5, 0.6) is 0 Å². The Morgan fingerprint density at radius 2 is 2.11 bits per heavy atom. The summed E-state index contributed by atoms with van der Waals surface area (Å²) in [5.74, 6) is 0.387. The van der Waals surface area contributed by atoms with Gasteiger partial charge >= 0.3 is 0 Å². The van der Waals surface area contributed by atoms with E-state index in [1.165, 1.54) is 22.2 Å². The van der Waals surface area contributed by atoms with Crippen LogP contribution in [0.25, 0.3) is 10.9 Å². The molecule has 0 radical (unpaired) electrons. The van der Waals surface area contributed by atoms with Gasteiger partial charge in [-0.15, -0.1) is 0 Å². The van der Waals surface area contributed by atoms with Crippen LogP contribution in [0.3, 0.4) is 0 Å². The summed E-state index contributed by atoms with van der Waals surface area (Å²) in [7, 11) is 2.08. The Morgan fingerprint density at radius 3 is 2.89 bits per heavy atom. The van der Waals surface area contributed by atoms with Gasteiger partial charge in [0.25, 0.3) is 0 Å². The molecule has 0 bridgehead atoms. The Kier molecular flexibility index (Phi) is 2.71. The molecule has 2 aromatic rings. The number of nitrogens with zero attached hydrogens (tertiary/aromatic N) is 1. The van der Waals surface area contributed by atoms with E-state index in [4.69, 9.17) is 0 Å². The summed E-state index contributed by atoms with van der Waals surface area (Å²) in [6, 6.07) is 8.36. The minimum atomic E-state index is 0.0670. The molecular weight excluding hydrogens is 224 g/mol. The molecule has 1 aromatic carbocycles. The topological polar surface area (TPSA) is 34.0 Å². The third-order valence-electron chi connectivity index (χ3n) is 4.09. The van der Waals surface area contributed by atoms with E-state index in [0.29, 0.717) is 12.3 Å². The first kappa shape index (κ1) is 11.5. The Labute approximate surface area is 107 Å². The van der Waals surface area contributed by atoms with Gasteiger partial charge in [-0.05, 0) is 31.5 Å². The quantitative estimate of drug-likeness (QED) is 0.831. The molecule has 1 fully saturated rings. The van der Waals surface area contributed by atoms with E-state index in [2.05, 4.69) is 48.1 Å². The second-order valence-electron chi connectivity index (χ2n) is 5.06. The maximum Gasteiger partial charge on any atom is 0.154 e. The summed E-state index contributed by atoms with van der Waals surface area (Å²) in [5.41, 5.74) is 3.67. The molecule has 0 saturated carbocycles. The predicted molar refractivity (Wildman–Crippen MR) is 72.9 cm³/mol. The van der Waals surface area contributed by atoms with E-state index in [0.717, 1.165) is 13.0 Å². The molecule has 94 valence electrons. The van der Waals surface area contributed by atoms with Crippen LogP contribution in [-0.2, 0) is 11.8 Å². The van der Waals surface area contributed by atoms with Gasteiger partial charge in [0.05, 0.1) is 6.54 Å². The highest BCUT2D eigenvalue weighted by atomic mass is 16.1. The zero-order valence-corrected chi connectivity index (χ0v) is 10.9. The van der Waals surface area contributed by atoms with Crippen LogP contribution in [0.15, 0.2) is 24.3 Å². The lowest BCUT2D eigenvalue weighted by Gasteiger charge is -2.22.